The standard InChI is InChI=1S/C15H25NO3/c1-5-18-14-9-7-6-8-13(14)16-10-12(17)11-19-15(2,3)4/h6-9,12,16-17H,5,10-11H2,1-4H3. The van der Waals surface area contributed by atoms with Gasteiger partial charge in [0.25, 0.3) is 0 Å². The molecule has 0 heterocycles. The second-order valence-corrected chi connectivity index (χ2v) is 5.39. The van der Waals surface area contributed by atoms with E-state index in [1.54, 1.807) is 0 Å². The predicted molar refractivity (Wildman–Crippen MR) is 77.8 cm³/mol. The molecule has 1 aromatic carbocycles. The van der Waals surface area contributed by atoms with Crippen LogP contribution in [0.25, 0.3) is 0 Å². The van der Waals surface area contributed by atoms with Crippen molar-refractivity contribution in [3.8, 4) is 5.75 Å². The molecule has 0 bridgehead atoms. The van der Waals surface area contributed by atoms with Crippen molar-refractivity contribution in [2.45, 2.75) is 39.4 Å². The summed E-state index contributed by atoms with van der Waals surface area (Å²) in [6, 6.07) is 7.70. The number of hydrogen-bond acceptors (Lipinski definition) is 4. The fourth-order valence-electron chi connectivity index (χ4n) is 1.53. The summed E-state index contributed by atoms with van der Waals surface area (Å²) in [5, 5.41) is 13.0. The van der Waals surface area contributed by atoms with Crippen molar-refractivity contribution in [1.29, 1.82) is 0 Å². The zero-order valence-electron chi connectivity index (χ0n) is 12.3. The summed E-state index contributed by atoms with van der Waals surface area (Å²) in [4.78, 5) is 0. The average Bonchev–Trinajstić information content (AvgIpc) is 2.35. The monoisotopic (exact) mass is 267 g/mol. The van der Waals surface area contributed by atoms with Crippen LogP contribution in [0.4, 0.5) is 5.69 Å². The third-order valence-corrected chi connectivity index (χ3v) is 2.42. The molecule has 0 spiro atoms. The topological polar surface area (TPSA) is 50.7 Å². The summed E-state index contributed by atoms with van der Waals surface area (Å²) < 4.78 is 11.0. The molecule has 0 aromatic heterocycles. The molecule has 4 heteroatoms. The molecule has 2 N–H and O–H groups in total. The van der Waals surface area contributed by atoms with Gasteiger partial charge in [-0.15, -0.1) is 0 Å². The molecule has 0 amide bonds. The van der Waals surface area contributed by atoms with E-state index in [9.17, 15) is 5.11 Å². The van der Waals surface area contributed by atoms with Gasteiger partial charge in [-0.25, -0.2) is 0 Å². The first-order valence-electron chi connectivity index (χ1n) is 6.70. The minimum Gasteiger partial charge on any atom is -0.492 e. The molecule has 1 unspecified atom stereocenters. The molecule has 108 valence electrons. The van der Waals surface area contributed by atoms with Crippen LogP contribution < -0.4 is 10.1 Å². The predicted octanol–water partition coefficient (Wildman–Crippen LogP) is 2.67. The van der Waals surface area contributed by atoms with Gasteiger partial charge in [0.05, 0.1) is 30.6 Å². The second-order valence-electron chi connectivity index (χ2n) is 5.39. The lowest BCUT2D eigenvalue weighted by Crippen LogP contribution is -2.30. The molecule has 1 rings (SSSR count). The van der Waals surface area contributed by atoms with E-state index in [0.29, 0.717) is 19.8 Å². The zero-order valence-corrected chi connectivity index (χ0v) is 12.3. The van der Waals surface area contributed by atoms with Crippen molar-refractivity contribution in [3.63, 3.8) is 0 Å². The van der Waals surface area contributed by atoms with E-state index >= 15 is 0 Å². The maximum absolute atomic E-state index is 9.87. The molecule has 0 radical (unpaired) electrons. The molecular weight excluding hydrogens is 242 g/mol. The Morgan fingerprint density at radius 2 is 1.95 bits per heavy atom. The highest BCUT2D eigenvalue weighted by molar-refractivity contribution is 5.56. The molecule has 0 fully saturated rings. The fraction of sp³-hybridized carbons (Fsp3) is 0.600. The number of para-hydroxylation sites is 2. The Morgan fingerprint density at radius 3 is 2.58 bits per heavy atom. The molecule has 4 nitrogen and oxygen atoms in total. The number of aliphatic hydroxyl groups excluding tert-OH is 1. The summed E-state index contributed by atoms with van der Waals surface area (Å²) in [5.74, 6) is 0.800. The fourth-order valence-corrected chi connectivity index (χ4v) is 1.53. The Bertz CT molecular complexity index is 374. The number of hydrogen-bond donors (Lipinski definition) is 2. The molecular formula is C15H25NO3. The van der Waals surface area contributed by atoms with Gasteiger partial charge in [-0.05, 0) is 39.8 Å². The van der Waals surface area contributed by atoms with Crippen molar-refractivity contribution < 1.29 is 14.6 Å². The van der Waals surface area contributed by atoms with Crippen molar-refractivity contribution >= 4 is 5.69 Å². The van der Waals surface area contributed by atoms with E-state index in [0.717, 1.165) is 11.4 Å². The van der Waals surface area contributed by atoms with Crippen LogP contribution in [-0.4, -0.2) is 36.6 Å². The largest absolute Gasteiger partial charge is 0.492 e. The van der Waals surface area contributed by atoms with Crippen LogP contribution >= 0.6 is 0 Å². The van der Waals surface area contributed by atoms with Crippen molar-refractivity contribution in [3.05, 3.63) is 24.3 Å². The molecule has 0 aliphatic carbocycles. The number of rotatable bonds is 7. The van der Waals surface area contributed by atoms with Gasteiger partial charge in [-0.2, -0.15) is 0 Å². The Kier molecular flexibility index (Phi) is 6.12. The van der Waals surface area contributed by atoms with E-state index in [4.69, 9.17) is 9.47 Å². The third-order valence-electron chi connectivity index (χ3n) is 2.42. The minimum atomic E-state index is -0.547. The van der Waals surface area contributed by atoms with Gasteiger partial charge in [0.1, 0.15) is 5.75 Å². The Balaban J connectivity index is 2.43. The van der Waals surface area contributed by atoms with Gasteiger partial charge in [0, 0.05) is 6.54 Å². The van der Waals surface area contributed by atoms with Crippen molar-refractivity contribution in [1.82, 2.24) is 0 Å². The van der Waals surface area contributed by atoms with E-state index in [1.165, 1.54) is 0 Å². The Hall–Kier alpha value is -1.26. The number of aliphatic hydroxyl groups is 1. The number of ether oxygens (including phenoxy) is 2. The highest BCUT2D eigenvalue weighted by atomic mass is 16.5. The summed E-state index contributed by atoms with van der Waals surface area (Å²) in [6.07, 6.45) is -0.547. The lowest BCUT2D eigenvalue weighted by Gasteiger charge is -2.22. The maximum atomic E-state index is 9.87. The lowest BCUT2D eigenvalue weighted by molar-refractivity contribution is -0.0449. The quantitative estimate of drug-likeness (QED) is 0.797. The third kappa shape index (κ3) is 6.45. The van der Waals surface area contributed by atoms with E-state index in [1.807, 2.05) is 52.0 Å². The van der Waals surface area contributed by atoms with Crippen molar-refractivity contribution in [2.24, 2.45) is 0 Å². The maximum Gasteiger partial charge on any atom is 0.142 e. The first kappa shape index (κ1) is 15.8. The Labute approximate surface area is 115 Å². The van der Waals surface area contributed by atoms with E-state index in [2.05, 4.69) is 5.32 Å². The first-order valence-corrected chi connectivity index (χ1v) is 6.70. The van der Waals surface area contributed by atoms with Crippen LogP contribution in [-0.2, 0) is 4.74 Å². The molecule has 19 heavy (non-hydrogen) atoms. The van der Waals surface area contributed by atoms with Gasteiger partial charge < -0.3 is 19.9 Å². The van der Waals surface area contributed by atoms with Crippen LogP contribution in [0.1, 0.15) is 27.7 Å². The van der Waals surface area contributed by atoms with Crippen LogP contribution in [0.2, 0.25) is 0 Å². The molecule has 1 atom stereocenters. The first-order chi connectivity index (χ1) is 8.92. The summed E-state index contributed by atoms with van der Waals surface area (Å²) in [7, 11) is 0. The average molecular weight is 267 g/mol. The van der Waals surface area contributed by atoms with Gasteiger partial charge in [0.2, 0.25) is 0 Å². The van der Waals surface area contributed by atoms with Gasteiger partial charge in [-0.1, -0.05) is 12.1 Å². The number of anilines is 1. The zero-order chi connectivity index (χ0) is 14.3. The van der Waals surface area contributed by atoms with Gasteiger partial charge >= 0.3 is 0 Å². The van der Waals surface area contributed by atoms with E-state index < -0.39 is 6.10 Å². The van der Waals surface area contributed by atoms with Gasteiger partial charge in [-0.3, -0.25) is 0 Å². The molecule has 0 aliphatic heterocycles. The normalized spacial score (nSPS) is 13.1. The van der Waals surface area contributed by atoms with Crippen LogP contribution in [0, 0.1) is 0 Å². The lowest BCUT2D eigenvalue weighted by atomic mass is 10.2. The summed E-state index contributed by atoms with van der Waals surface area (Å²) >= 11 is 0. The molecule has 0 aliphatic rings. The smallest absolute Gasteiger partial charge is 0.142 e. The van der Waals surface area contributed by atoms with Crippen LogP contribution in [0.5, 0.6) is 5.75 Å². The SMILES string of the molecule is CCOc1ccccc1NCC(O)COC(C)(C)C. The number of benzene rings is 1. The molecule has 1 aromatic rings. The van der Waals surface area contributed by atoms with E-state index in [-0.39, 0.29) is 5.60 Å². The second kappa shape index (κ2) is 7.36. The summed E-state index contributed by atoms with van der Waals surface area (Å²) in [5.41, 5.74) is 0.656. The molecule has 0 saturated heterocycles. The highest BCUT2D eigenvalue weighted by Crippen LogP contribution is 2.23. The van der Waals surface area contributed by atoms with Crippen molar-refractivity contribution in [2.75, 3.05) is 25.1 Å². The van der Waals surface area contributed by atoms with Crippen LogP contribution in [0.15, 0.2) is 24.3 Å². The summed E-state index contributed by atoms with van der Waals surface area (Å²) in [6.45, 7) is 9.22. The highest BCUT2D eigenvalue weighted by Gasteiger charge is 2.13. The van der Waals surface area contributed by atoms with Crippen LogP contribution in [0.3, 0.4) is 0 Å². The Morgan fingerprint density at radius 1 is 1.26 bits per heavy atom. The van der Waals surface area contributed by atoms with Gasteiger partial charge in [0.15, 0.2) is 0 Å². The number of nitrogens with one attached hydrogen (secondary N) is 1. The minimum absolute atomic E-state index is 0.232. The molecule has 0 saturated carbocycles.